The van der Waals surface area contributed by atoms with Crippen LogP contribution in [0.5, 0.6) is 0 Å². The van der Waals surface area contributed by atoms with Crippen molar-refractivity contribution in [2.75, 3.05) is 0 Å². The van der Waals surface area contributed by atoms with Gasteiger partial charge >= 0.3 is 6.18 Å². The van der Waals surface area contributed by atoms with E-state index >= 15 is 0 Å². The van der Waals surface area contributed by atoms with Crippen molar-refractivity contribution in [1.82, 2.24) is 0 Å². The lowest BCUT2D eigenvalue weighted by molar-refractivity contribution is -0.303. The summed E-state index contributed by atoms with van der Waals surface area (Å²) in [5, 5.41) is 10.7. The predicted molar refractivity (Wildman–Crippen MR) is 92.3 cm³/mol. The Hall–Kier alpha value is -0.840. The lowest BCUT2D eigenvalue weighted by Crippen LogP contribution is -2.60. The summed E-state index contributed by atoms with van der Waals surface area (Å²) < 4.78 is 41.2. The van der Waals surface area contributed by atoms with Crippen molar-refractivity contribution in [3.8, 4) is 0 Å². The summed E-state index contributed by atoms with van der Waals surface area (Å²) in [7, 11) is 0. The summed E-state index contributed by atoms with van der Waals surface area (Å²) in [5.41, 5.74) is -2.92. The van der Waals surface area contributed by atoms with Crippen LogP contribution in [0.15, 0.2) is 11.6 Å². The first-order valence-electron chi connectivity index (χ1n) is 9.96. The molecule has 4 rings (SSSR count). The lowest BCUT2D eigenvalue weighted by atomic mass is 9.45. The summed E-state index contributed by atoms with van der Waals surface area (Å²) in [6.45, 7) is 5.77. The van der Waals surface area contributed by atoms with Crippen LogP contribution in [0.2, 0.25) is 0 Å². The quantitative estimate of drug-likeness (QED) is 0.647. The van der Waals surface area contributed by atoms with Crippen molar-refractivity contribution in [3.05, 3.63) is 11.6 Å². The van der Waals surface area contributed by atoms with Crippen molar-refractivity contribution in [2.24, 2.45) is 34.5 Å². The number of halogens is 3. The molecule has 0 spiro atoms. The van der Waals surface area contributed by atoms with Gasteiger partial charge in [0.1, 0.15) is 0 Å². The Bertz CT molecular complexity index is 669. The molecule has 3 fully saturated rings. The van der Waals surface area contributed by atoms with Crippen LogP contribution in [0.25, 0.3) is 0 Å². The van der Waals surface area contributed by atoms with E-state index in [-0.39, 0.29) is 29.5 Å². The molecule has 4 aliphatic rings. The molecule has 1 N–H and O–H groups in total. The molecule has 0 aromatic rings. The number of aliphatic hydroxyl groups is 1. The summed E-state index contributed by atoms with van der Waals surface area (Å²) in [5.74, 6) is 0.977. The highest BCUT2D eigenvalue weighted by Crippen LogP contribution is 2.69. The van der Waals surface area contributed by atoms with Gasteiger partial charge in [-0.3, -0.25) is 4.79 Å². The van der Waals surface area contributed by atoms with Crippen molar-refractivity contribution in [2.45, 2.75) is 77.5 Å². The monoisotopic (exact) mass is 370 g/mol. The Balaban J connectivity index is 1.71. The number of hydrogen-bond donors (Lipinski definition) is 1. The van der Waals surface area contributed by atoms with Crippen LogP contribution >= 0.6 is 0 Å². The van der Waals surface area contributed by atoms with E-state index in [4.69, 9.17) is 0 Å². The largest absolute Gasteiger partial charge is 0.417 e. The van der Waals surface area contributed by atoms with E-state index in [0.29, 0.717) is 37.5 Å². The average molecular weight is 370 g/mol. The van der Waals surface area contributed by atoms with Gasteiger partial charge in [-0.1, -0.05) is 19.9 Å². The maximum atomic E-state index is 13.7. The second-order valence-corrected chi connectivity index (χ2v) is 9.82. The van der Waals surface area contributed by atoms with Gasteiger partial charge in [-0.05, 0) is 80.1 Å². The Kier molecular flexibility index (Phi) is 3.82. The minimum Gasteiger partial charge on any atom is -0.380 e. The summed E-state index contributed by atoms with van der Waals surface area (Å²) in [4.78, 5) is 12.2. The fraction of sp³-hybridized carbons (Fsp3) is 0.857. The summed E-state index contributed by atoms with van der Waals surface area (Å²) in [6, 6.07) is 0. The molecule has 2 unspecified atom stereocenters. The Morgan fingerprint density at radius 3 is 2.38 bits per heavy atom. The zero-order valence-electron chi connectivity index (χ0n) is 15.8. The number of alkyl halides is 3. The van der Waals surface area contributed by atoms with Crippen LogP contribution in [-0.4, -0.2) is 22.7 Å². The maximum absolute atomic E-state index is 13.7. The molecule has 2 nitrogen and oxygen atoms in total. The molecule has 5 heteroatoms. The molecule has 146 valence electrons. The van der Waals surface area contributed by atoms with Crippen molar-refractivity contribution < 1.29 is 23.1 Å². The van der Waals surface area contributed by atoms with Crippen LogP contribution in [0.1, 0.15) is 65.7 Å². The molecule has 4 aliphatic carbocycles. The number of fused-ring (bicyclic) bond motifs is 5. The molecule has 3 saturated carbocycles. The number of allylic oxidation sites excluding steroid dienone is 2. The van der Waals surface area contributed by atoms with Gasteiger partial charge in [0.25, 0.3) is 0 Å². The third kappa shape index (κ3) is 2.12. The molecule has 26 heavy (non-hydrogen) atoms. The van der Waals surface area contributed by atoms with Gasteiger partial charge in [-0.25, -0.2) is 0 Å². The van der Waals surface area contributed by atoms with E-state index < -0.39 is 17.2 Å². The van der Waals surface area contributed by atoms with Crippen LogP contribution in [0, 0.1) is 34.5 Å². The number of Topliss-reactive ketones (excluding diaryl/α,β-unsaturated/α-hetero) is 1. The second-order valence-electron chi connectivity index (χ2n) is 9.82. The summed E-state index contributed by atoms with van der Waals surface area (Å²) in [6.07, 6.45) is 1.34. The van der Waals surface area contributed by atoms with Gasteiger partial charge in [-0.15, -0.1) is 0 Å². The van der Waals surface area contributed by atoms with E-state index in [1.54, 1.807) is 6.92 Å². The fourth-order valence-corrected chi connectivity index (χ4v) is 7.43. The van der Waals surface area contributed by atoms with E-state index in [1.165, 1.54) is 0 Å². The molecule has 0 aromatic heterocycles. The minimum absolute atomic E-state index is 0.0861. The third-order valence-electron chi connectivity index (χ3n) is 8.98. The number of carbonyl (C=O) groups is 1. The predicted octanol–water partition coefficient (Wildman–Crippen LogP) is 5.06. The van der Waals surface area contributed by atoms with Gasteiger partial charge in [-0.2, -0.15) is 13.2 Å². The molecule has 0 bridgehead atoms. The topological polar surface area (TPSA) is 37.3 Å². The van der Waals surface area contributed by atoms with Crippen molar-refractivity contribution >= 4 is 5.78 Å². The number of rotatable bonds is 0. The zero-order valence-corrected chi connectivity index (χ0v) is 15.8. The Labute approximate surface area is 153 Å². The first-order valence-corrected chi connectivity index (χ1v) is 9.96. The molecule has 0 amide bonds. The van der Waals surface area contributed by atoms with Gasteiger partial charge < -0.3 is 5.11 Å². The molecular formula is C21H29F3O2. The lowest BCUT2D eigenvalue weighted by Gasteiger charge is -2.60. The highest BCUT2D eigenvalue weighted by Gasteiger charge is 2.72. The van der Waals surface area contributed by atoms with E-state index in [9.17, 15) is 23.1 Å². The highest BCUT2D eigenvalue weighted by atomic mass is 19.4. The van der Waals surface area contributed by atoms with Crippen LogP contribution in [0.4, 0.5) is 13.2 Å². The van der Waals surface area contributed by atoms with Gasteiger partial charge in [0.2, 0.25) is 0 Å². The van der Waals surface area contributed by atoms with Crippen LogP contribution in [-0.2, 0) is 4.79 Å². The zero-order chi connectivity index (χ0) is 19.1. The number of carbonyl (C=O) groups excluding carboxylic acids is 1. The molecule has 0 radical (unpaired) electrons. The Morgan fingerprint density at radius 1 is 1.08 bits per heavy atom. The van der Waals surface area contributed by atoms with E-state index in [0.717, 1.165) is 18.4 Å². The number of hydrogen-bond acceptors (Lipinski definition) is 2. The smallest absolute Gasteiger partial charge is 0.380 e. The minimum atomic E-state index is -4.57. The second kappa shape index (κ2) is 5.36. The Morgan fingerprint density at radius 2 is 1.73 bits per heavy atom. The van der Waals surface area contributed by atoms with Crippen molar-refractivity contribution in [1.29, 1.82) is 0 Å². The van der Waals surface area contributed by atoms with Crippen molar-refractivity contribution in [3.63, 3.8) is 0 Å². The molecule has 0 saturated heterocycles. The maximum Gasteiger partial charge on any atom is 0.417 e. The third-order valence-corrected chi connectivity index (χ3v) is 8.98. The molecule has 0 aromatic carbocycles. The first kappa shape index (κ1) is 18.5. The molecule has 0 heterocycles. The standard InChI is InChI=1S/C21H29F3O2/c1-12-11-18(2)13(10-17(12)25)4-5-14-15(18)6-8-19(3)16(14)7-9-20(19,26)21(22,23)24/h11,13-16,26H,4-10H2,1-3H3/t13?,14-,15-,16+,18+,19+,20?/m1/s1. The van der Waals surface area contributed by atoms with Gasteiger partial charge in [0, 0.05) is 11.8 Å². The first-order chi connectivity index (χ1) is 11.9. The van der Waals surface area contributed by atoms with Gasteiger partial charge in [0.15, 0.2) is 11.4 Å². The van der Waals surface area contributed by atoms with Crippen LogP contribution < -0.4 is 0 Å². The average Bonchev–Trinajstić information content (AvgIpc) is 2.82. The highest BCUT2D eigenvalue weighted by molar-refractivity contribution is 5.96. The molecule has 0 aliphatic heterocycles. The van der Waals surface area contributed by atoms with Crippen LogP contribution in [0.3, 0.4) is 0 Å². The normalized spacial score (nSPS) is 51.3. The molecular weight excluding hydrogens is 341 g/mol. The molecule has 7 atom stereocenters. The fourth-order valence-electron chi connectivity index (χ4n) is 7.43. The number of ketones is 1. The SMILES string of the molecule is CC1=C[C@@]2(C)C(CC[C@@H]3[C@H]2CC[C@@]2(C)[C@H]3CCC2(O)C(F)(F)F)CC1=O. The van der Waals surface area contributed by atoms with E-state index in [2.05, 4.69) is 13.0 Å². The van der Waals surface area contributed by atoms with E-state index in [1.807, 2.05) is 6.92 Å². The summed E-state index contributed by atoms with van der Waals surface area (Å²) >= 11 is 0. The van der Waals surface area contributed by atoms with Gasteiger partial charge in [0.05, 0.1) is 0 Å².